The van der Waals surface area contributed by atoms with E-state index in [1.54, 1.807) is 13.0 Å². The summed E-state index contributed by atoms with van der Waals surface area (Å²) >= 11 is 12.2. The molecule has 0 unspecified atom stereocenters. The second-order valence-corrected chi connectivity index (χ2v) is 6.90. The number of nitrogens with one attached hydrogen (secondary N) is 1. The summed E-state index contributed by atoms with van der Waals surface area (Å²) in [7, 11) is 0. The molecule has 0 bridgehead atoms. The van der Waals surface area contributed by atoms with Crippen molar-refractivity contribution in [3.8, 4) is 5.75 Å². The Labute approximate surface area is 146 Å². The van der Waals surface area contributed by atoms with Crippen molar-refractivity contribution >= 4 is 35.2 Å². The van der Waals surface area contributed by atoms with Gasteiger partial charge in [0, 0.05) is 43.2 Å². The fourth-order valence-electron chi connectivity index (χ4n) is 3.04. The van der Waals surface area contributed by atoms with Crippen LogP contribution >= 0.6 is 23.2 Å². The van der Waals surface area contributed by atoms with Crippen LogP contribution in [0.4, 0.5) is 0 Å². The molecule has 1 amide bonds. The molecule has 4 nitrogen and oxygen atoms in total. The number of amides is 1. The van der Waals surface area contributed by atoms with E-state index >= 15 is 0 Å². The monoisotopic (exact) mass is 354 g/mol. The molecule has 2 heterocycles. The van der Waals surface area contributed by atoms with Gasteiger partial charge in [-0.05, 0) is 36.6 Å². The van der Waals surface area contributed by atoms with Crippen LogP contribution in [0.25, 0.3) is 6.08 Å². The molecule has 1 aromatic rings. The van der Waals surface area contributed by atoms with E-state index in [9.17, 15) is 4.79 Å². The number of hydrogen-bond donors (Lipinski definition) is 1. The lowest BCUT2D eigenvalue weighted by molar-refractivity contribution is -0.129. The first kappa shape index (κ1) is 16.6. The van der Waals surface area contributed by atoms with Crippen LogP contribution in [0.2, 0.25) is 10.0 Å². The maximum atomic E-state index is 11.3. The van der Waals surface area contributed by atoms with Crippen LogP contribution < -0.4 is 10.1 Å². The summed E-state index contributed by atoms with van der Waals surface area (Å²) in [4.78, 5) is 13.2. The summed E-state index contributed by atoms with van der Waals surface area (Å²) in [5.74, 6) is 0.867. The summed E-state index contributed by atoms with van der Waals surface area (Å²) < 4.78 is 5.76. The summed E-state index contributed by atoms with van der Waals surface area (Å²) in [5, 5.41) is 4.72. The molecule has 1 saturated heterocycles. The highest BCUT2D eigenvalue weighted by atomic mass is 35.5. The average Bonchev–Trinajstić information content (AvgIpc) is 2.52. The molecule has 124 valence electrons. The van der Waals surface area contributed by atoms with E-state index in [1.165, 1.54) is 5.57 Å². The molecule has 6 heteroatoms. The molecule has 1 fully saturated rings. The normalized spacial score (nSPS) is 18.2. The number of likely N-dealkylation sites (tertiary alicyclic amines) is 1. The Morgan fingerprint density at radius 3 is 2.78 bits per heavy atom. The minimum atomic E-state index is 0.164. The standard InChI is InChI=1S/C17H20Cl2N2O2/c1-11(22)21-4-2-15(3-5-21)20-9-12-6-13-7-14(18)8-16(19)17(13)23-10-12/h6-8,15,20H,2-5,9-10H2,1H3. The molecular formula is C17H20Cl2N2O2. The third-order valence-electron chi connectivity index (χ3n) is 4.36. The number of benzene rings is 1. The molecule has 23 heavy (non-hydrogen) atoms. The zero-order chi connectivity index (χ0) is 16.4. The Morgan fingerprint density at radius 2 is 2.09 bits per heavy atom. The average molecular weight is 355 g/mol. The minimum Gasteiger partial charge on any atom is -0.487 e. The van der Waals surface area contributed by atoms with E-state index < -0.39 is 0 Å². The fraction of sp³-hybridized carbons (Fsp3) is 0.471. The van der Waals surface area contributed by atoms with Crippen LogP contribution in [0.15, 0.2) is 17.7 Å². The number of carbonyl (C=O) groups excluding carboxylic acids is 1. The lowest BCUT2D eigenvalue weighted by Crippen LogP contribution is -2.44. The van der Waals surface area contributed by atoms with Crippen LogP contribution in [0.3, 0.4) is 0 Å². The van der Waals surface area contributed by atoms with Gasteiger partial charge in [-0.25, -0.2) is 0 Å². The van der Waals surface area contributed by atoms with E-state index in [0.29, 0.717) is 28.4 Å². The van der Waals surface area contributed by atoms with Gasteiger partial charge in [-0.15, -0.1) is 0 Å². The molecule has 2 aliphatic rings. The van der Waals surface area contributed by atoms with E-state index in [2.05, 4.69) is 11.4 Å². The number of halogens is 2. The minimum absolute atomic E-state index is 0.164. The molecular weight excluding hydrogens is 335 g/mol. The van der Waals surface area contributed by atoms with Crippen molar-refractivity contribution in [1.82, 2.24) is 10.2 Å². The largest absolute Gasteiger partial charge is 0.487 e. The van der Waals surface area contributed by atoms with Gasteiger partial charge in [-0.2, -0.15) is 0 Å². The van der Waals surface area contributed by atoms with Crippen LogP contribution in [-0.2, 0) is 4.79 Å². The Balaban J connectivity index is 1.57. The Bertz CT molecular complexity index is 638. The van der Waals surface area contributed by atoms with E-state index in [-0.39, 0.29) is 5.91 Å². The van der Waals surface area contributed by atoms with Gasteiger partial charge in [0.15, 0.2) is 0 Å². The fourth-order valence-corrected chi connectivity index (χ4v) is 3.61. The highest BCUT2D eigenvalue weighted by Gasteiger charge is 2.21. The second-order valence-electron chi connectivity index (χ2n) is 6.06. The van der Waals surface area contributed by atoms with Crippen molar-refractivity contribution < 1.29 is 9.53 Å². The Hall–Kier alpha value is -1.23. The molecule has 3 rings (SSSR count). The van der Waals surface area contributed by atoms with Crippen molar-refractivity contribution in [2.45, 2.75) is 25.8 Å². The smallest absolute Gasteiger partial charge is 0.219 e. The van der Waals surface area contributed by atoms with E-state index in [1.807, 2.05) is 11.0 Å². The SMILES string of the molecule is CC(=O)N1CCC(NCC2=Cc3cc(Cl)cc(Cl)c3OC2)CC1. The van der Waals surface area contributed by atoms with Gasteiger partial charge in [0.05, 0.1) is 5.02 Å². The first-order valence-corrected chi connectivity index (χ1v) is 8.58. The molecule has 0 aromatic heterocycles. The van der Waals surface area contributed by atoms with Crippen molar-refractivity contribution in [2.24, 2.45) is 0 Å². The van der Waals surface area contributed by atoms with Crippen molar-refractivity contribution in [2.75, 3.05) is 26.2 Å². The van der Waals surface area contributed by atoms with Crippen LogP contribution in [0.1, 0.15) is 25.3 Å². The quantitative estimate of drug-likeness (QED) is 0.904. The lowest BCUT2D eigenvalue weighted by Gasteiger charge is -2.32. The highest BCUT2D eigenvalue weighted by Crippen LogP contribution is 2.36. The maximum Gasteiger partial charge on any atom is 0.219 e. The first-order valence-electron chi connectivity index (χ1n) is 7.83. The van der Waals surface area contributed by atoms with Gasteiger partial charge in [0.1, 0.15) is 12.4 Å². The summed E-state index contributed by atoms with van der Waals surface area (Å²) in [6.45, 7) is 4.60. The van der Waals surface area contributed by atoms with Crippen LogP contribution in [0, 0.1) is 0 Å². The zero-order valence-corrected chi connectivity index (χ0v) is 14.6. The van der Waals surface area contributed by atoms with E-state index in [0.717, 1.165) is 38.0 Å². The molecule has 0 saturated carbocycles. The van der Waals surface area contributed by atoms with E-state index in [4.69, 9.17) is 27.9 Å². The van der Waals surface area contributed by atoms with Gasteiger partial charge >= 0.3 is 0 Å². The van der Waals surface area contributed by atoms with Crippen LogP contribution in [0.5, 0.6) is 5.75 Å². The third-order valence-corrected chi connectivity index (χ3v) is 4.86. The molecule has 1 aromatic carbocycles. The van der Waals surface area contributed by atoms with Crippen molar-refractivity contribution in [3.05, 3.63) is 33.3 Å². The van der Waals surface area contributed by atoms with Crippen LogP contribution in [-0.4, -0.2) is 43.1 Å². The number of piperidine rings is 1. The highest BCUT2D eigenvalue weighted by molar-refractivity contribution is 6.36. The number of rotatable bonds is 3. The van der Waals surface area contributed by atoms with Gasteiger partial charge in [0.2, 0.25) is 5.91 Å². The number of fused-ring (bicyclic) bond motifs is 1. The summed E-state index contributed by atoms with van der Waals surface area (Å²) in [6.07, 6.45) is 4.07. The maximum absolute atomic E-state index is 11.3. The predicted octanol–water partition coefficient (Wildman–Crippen LogP) is 3.37. The van der Waals surface area contributed by atoms with Gasteiger partial charge < -0.3 is 15.0 Å². The number of hydrogen-bond acceptors (Lipinski definition) is 3. The summed E-state index contributed by atoms with van der Waals surface area (Å²) in [5.41, 5.74) is 2.10. The first-order chi connectivity index (χ1) is 11.0. The topological polar surface area (TPSA) is 41.6 Å². The lowest BCUT2D eigenvalue weighted by atomic mass is 10.0. The molecule has 0 atom stereocenters. The van der Waals surface area contributed by atoms with Crippen molar-refractivity contribution in [3.63, 3.8) is 0 Å². The second kappa shape index (κ2) is 7.12. The third kappa shape index (κ3) is 4.00. The molecule has 1 N–H and O–H groups in total. The van der Waals surface area contributed by atoms with Gasteiger partial charge in [0.25, 0.3) is 0 Å². The Kier molecular flexibility index (Phi) is 5.14. The molecule has 2 aliphatic heterocycles. The summed E-state index contributed by atoms with van der Waals surface area (Å²) in [6, 6.07) is 4.01. The number of carbonyl (C=O) groups is 1. The van der Waals surface area contributed by atoms with Gasteiger partial charge in [-0.3, -0.25) is 4.79 Å². The molecule has 0 aliphatic carbocycles. The van der Waals surface area contributed by atoms with Gasteiger partial charge in [-0.1, -0.05) is 23.2 Å². The number of ether oxygens (including phenoxy) is 1. The predicted molar refractivity (Wildman–Crippen MR) is 93.2 cm³/mol. The zero-order valence-electron chi connectivity index (χ0n) is 13.1. The number of nitrogens with zero attached hydrogens (tertiary/aromatic N) is 1. The van der Waals surface area contributed by atoms with Crippen molar-refractivity contribution in [1.29, 1.82) is 0 Å². The molecule has 0 spiro atoms. The Morgan fingerprint density at radius 1 is 1.35 bits per heavy atom. The molecule has 0 radical (unpaired) electrons.